The summed E-state index contributed by atoms with van der Waals surface area (Å²) in [5.41, 5.74) is 3.44. The monoisotopic (exact) mass is 316 g/mol. The van der Waals surface area contributed by atoms with Crippen molar-refractivity contribution in [3.63, 3.8) is 0 Å². The topological polar surface area (TPSA) is 40.5 Å². The predicted molar refractivity (Wildman–Crippen MR) is 94.9 cm³/mol. The Morgan fingerprint density at radius 1 is 0.957 bits per heavy atom. The van der Waals surface area contributed by atoms with Crippen molar-refractivity contribution in [1.82, 2.24) is 0 Å². The van der Waals surface area contributed by atoms with Crippen molar-refractivity contribution in [3.8, 4) is 11.5 Å². The van der Waals surface area contributed by atoms with Gasteiger partial charge in [0.1, 0.15) is 0 Å². The highest BCUT2D eigenvalue weighted by Gasteiger charge is 2.39. The summed E-state index contributed by atoms with van der Waals surface area (Å²) in [6.45, 7) is 4.67. The number of benzene rings is 1. The highest BCUT2D eigenvalue weighted by molar-refractivity contribution is 5.49. The highest BCUT2D eigenvalue weighted by atomic mass is 16.3. The lowest BCUT2D eigenvalue weighted by Crippen LogP contribution is -2.02. The van der Waals surface area contributed by atoms with E-state index < -0.39 is 0 Å². The van der Waals surface area contributed by atoms with Crippen LogP contribution >= 0.6 is 0 Å². The molecule has 2 saturated carbocycles. The predicted octanol–water partition coefficient (Wildman–Crippen LogP) is 5.73. The second-order valence-corrected chi connectivity index (χ2v) is 8.44. The highest BCUT2D eigenvalue weighted by Crippen LogP contribution is 2.52. The van der Waals surface area contributed by atoms with Gasteiger partial charge in [-0.25, -0.2) is 0 Å². The minimum absolute atomic E-state index is 0.0357. The third kappa shape index (κ3) is 4.02. The Morgan fingerprint density at radius 3 is 2.26 bits per heavy atom. The van der Waals surface area contributed by atoms with E-state index in [-0.39, 0.29) is 11.5 Å². The summed E-state index contributed by atoms with van der Waals surface area (Å²) in [6.07, 6.45) is 13.6. The van der Waals surface area contributed by atoms with Crippen LogP contribution in [0.2, 0.25) is 0 Å². The third-order valence-electron chi connectivity index (χ3n) is 6.53. The van der Waals surface area contributed by atoms with Gasteiger partial charge >= 0.3 is 0 Å². The van der Waals surface area contributed by atoms with Gasteiger partial charge in [-0.1, -0.05) is 26.3 Å². The minimum Gasteiger partial charge on any atom is -0.504 e. The number of aryl methyl sites for hydroxylation is 1. The van der Waals surface area contributed by atoms with E-state index >= 15 is 0 Å². The van der Waals surface area contributed by atoms with E-state index in [1.54, 1.807) is 6.07 Å². The summed E-state index contributed by atoms with van der Waals surface area (Å²) in [5.74, 6) is 0.161. The molecule has 2 aliphatic rings. The lowest BCUT2D eigenvalue weighted by molar-refractivity contribution is 0.395. The standard InChI is InChI=1S/C21H32O2/c1-3-21(14-15-21)11-4-6-16-8-9-18(22)19(23)17(16)7-5-10-20(2)12-13-20/h8-9,22-23H,3-7,10-15H2,1-2H3. The Balaban J connectivity index is 1.59. The zero-order valence-electron chi connectivity index (χ0n) is 14.8. The molecule has 2 N–H and O–H groups in total. The van der Waals surface area contributed by atoms with Gasteiger partial charge in [-0.3, -0.25) is 0 Å². The van der Waals surface area contributed by atoms with Gasteiger partial charge in [0.2, 0.25) is 0 Å². The summed E-state index contributed by atoms with van der Waals surface area (Å²) in [4.78, 5) is 0. The summed E-state index contributed by atoms with van der Waals surface area (Å²) in [5, 5.41) is 20.1. The van der Waals surface area contributed by atoms with Crippen molar-refractivity contribution in [2.75, 3.05) is 0 Å². The van der Waals surface area contributed by atoms with E-state index in [2.05, 4.69) is 13.8 Å². The summed E-state index contributed by atoms with van der Waals surface area (Å²) in [7, 11) is 0. The van der Waals surface area contributed by atoms with Crippen LogP contribution in [0.25, 0.3) is 0 Å². The van der Waals surface area contributed by atoms with Crippen LogP contribution in [0, 0.1) is 10.8 Å². The zero-order chi connectivity index (χ0) is 16.5. The van der Waals surface area contributed by atoms with Crippen molar-refractivity contribution in [2.45, 2.75) is 84.5 Å². The van der Waals surface area contributed by atoms with Gasteiger partial charge in [-0.05, 0) is 86.7 Å². The average molecular weight is 316 g/mol. The van der Waals surface area contributed by atoms with Gasteiger partial charge in [0.05, 0.1) is 0 Å². The quantitative estimate of drug-likeness (QED) is 0.571. The van der Waals surface area contributed by atoms with E-state index in [9.17, 15) is 10.2 Å². The molecule has 128 valence electrons. The van der Waals surface area contributed by atoms with Gasteiger partial charge in [-0.2, -0.15) is 0 Å². The van der Waals surface area contributed by atoms with Gasteiger partial charge in [0.15, 0.2) is 11.5 Å². The van der Waals surface area contributed by atoms with Crippen LogP contribution in [0.4, 0.5) is 0 Å². The largest absolute Gasteiger partial charge is 0.504 e. The van der Waals surface area contributed by atoms with Gasteiger partial charge in [0.25, 0.3) is 0 Å². The summed E-state index contributed by atoms with van der Waals surface area (Å²) < 4.78 is 0. The maximum absolute atomic E-state index is 10.3. The van der Waals surface area contributed by atoms with Gasteiger partial charge in [-0.15, -0.1) is 0 Å². The van der Waals surface area contributed by atoms with Gasteiger partial charge in [0, 0.05) is 5.56 Å². The van der Waals surface area contributed by atoms with Crippen molar-refractivity contribution in [1.29, 1.82) is 0 Å². The van der Waals surface area contributed by atoms with Crippen LogP contribution in [0.15, 0.2) is 12.1 Å². The minimum atomic E-state index is 0.0357. The molecule has 0 saturated heterocycles. The number of rotatable bonds is 9. The maximum atomic E-state index is 10.3. The summed E-state index contributed by atoms with van der Waals surface area (Å²) in [6, 6.07) is 3.68. The molecule has 0 spiro atoms. The Hall–Kier alpha value is -1.18. The molecule has 0 heterocycles. The number of phenolic OH excluding ortho intramolecular Hbond substituents is 2. The van der Waals surface area contributed by atoms with Crippen molar-refractivity contribution in [3.05, 3.63) is 23.3 Å². The second kappa shape index (κ2) is 6.37. The normalized spacial score (nSPS) is 20.4. The number of aromatic hydroxyl groups is 2. The van der Waals surface area contributed by atoms with Crippen LogP contribution in [-0.2, 0) is 12.8 Å². The van der Waals surface area contributed by atoms with Crippen molar-refractivity contribution >= 4 is 0 Å². The van der Waals surface area contributed by atoms with Crippen molar-refractivity contribution in [2.24, 2.45) is 10.8 Å². The Kier molecular flexibility index (Phi) is 4.62. The smallest absolute Gasteiger partial charge is 0.160 e. The van der Waals surface area contributed by atoms with E-state index in [4.69, 9.17) is 0 Å². The van der Waals surface area contributed by atoms with Crippen LogP contribution in [0.1, 0.15) is 82.8 Å². The van der Waals surface area contributed by atoms with E-state index in [1.165, 1.54) is 56.9 Å². The SMILES string of the molecule is CCC1(CCCc2ccc(O)c(O)c2CCCC2(C)CC2)CC1. The second-order valence-electron chi connectivity index (χ2n) is 8.44. The number of hydrogen-bond donors (Lipinski definition) is 2. The first kappa shape index (κ1) is 16.7. The zero-order valence-corrected chi connectivity index (χ0v) is 14.8. The molecular formula is C21H32O2. The maximum Gasteiger partial charge on any atom is 0.160 e. The molecule has 0 atom stereocenters. The van der Waals surface area contributed by atoms with E-state index in [0.717, 1.165) is 24.8 Å². The van der Waals surface area contributed by atoms with Crippen molar-refractivity contribution < 1.29 is 10.2 Å². The molecule has 23 heavy (non-hydrogen) atoms. The van der Waals surface area contributed by atoms with Crippen LogP contribution < -0.4 is 0 Å². The third-order valence-corrected chi connectivity index (χ3v) is 6.53. The lowest BCUT2D eigenvalue weighted by atomic mass is 9.91. The fourth-order valence-corrected chi connectivity index (χ4v) is 3.95. The first-order chi connectivity index (χ1) is 11.0. The Labute approximate surface area is 140 Å². The first-order valence-corrected chi connectivity index (χ1v) is 9.50. The number of phenols is 2. The van der Waals surface area contributed by atoms with E-state index in [1.807, 2.05) is 6.07 Å². The fraction of sp³-hybridized carbons (Fsp3) is 0.714. The molecule has 0 amide bonds. The van der Waals surface area contributed by atoms with Gasteiger partial charge < -0.3 is 10.2 Å². The number of hydrogen-bond acceptors (Lipinski definition) is 2. The molecule has 2 aliphatic carbocycles. The molecule has 2 fully saturated rings. The lowest BCUT2D eigenvalue weighted by Gasteiger charge is -2.16. The molecule has 1 aromatic carbocycles. The van der Waals surface area contributed by atoms with Crippen LogP contribution in [0.5, 0.6) is 11.5 Å². The fourth-order valence-electron chi connectivity index (χ4n) is 3.95. The van der Waals surface area contributed by atoms with Crippen LogP contribution in [0.3, 0.4) is 0 Å². The molecule has 0 aliphatic heterocycles. The molecule has 0 radical (unpaired) electrons. The Bertz CT molecular complexity index is 553. The molecule has 2 nitrogen and oxygen atoms in total. The molecule has 0 aromatic heterocycles. The molecule has 2 heteroatoms. The van der Waals surface area contributed by atoms with E-state index in [0.29, 0.717) is 10.8 Å². The molecule has 3 rings (SSSR count). The van der Waals surface area contributed by atoms with Crippen LogP contribution in [-0.4, -0.2) is 10.2 Å². The Morgan fingerprint density at radius 2 is 1.65 bits per heavy atom. The summed E-state index contributed by atoms with van der Waals surface area (Å²) >= 11 is 0. The molecular weight excluding hydrogens is 284 g/mol. The first-order valence-electron chi connectivity index (χ1n) is 9.50. The molecule has 0 bridgehead atoms. The molecule has 1 aromatic rings. The average Bonchev–Trinajstić information content (AvgIpc) is 3.45. The molecule has 0 unspecified atom stereocenters.